The van der Waals surface area contributed by atoms with Crippen molar-refractivity contribution in [3.8, 4) is 5.75 Å². The summed E-state index contributed by atoms with van der Waals surface area (Å²) in [4.78, 5) is 2.63. The largest absolute Gasteiger partial charge is 0.485 e. The third-order valence-electron chi connectivity index (χ3n) is 4.36. The second kappa shape index (κ2) is 5.83. The summed E-state index contributed by atoms with van der Waals surface area (Å²) >= 11 is 0. The van der Waals surface area contributed by atoms with Crippen LogP contribution >= 0.6 is 0 Å². The molecule has 19 heavy (non-hydrogen) atoms. The number of anilines is 1. The monoisotopic (exact) mass is 260 g/mol. The molecule has 1 aromatic carbocycles. The van der Waals surface area contributed by atoms with Gasteiger partial charge in [0.2, 0.25) is 0 Å². The lowest BCUT2D eigenvalue weighted by Crippen LogP contribution is -2.47. The Morgan fingerprint density at radius 2 is 2.21 bits per heavy atom. The molecule has 2 heterocycles. The highest BCUT2D eigenvalue weighted by Crippen LogP contribution is 2.29. The van der Waals surface area contributed by atoms with Crippen LogP contribution in [0.3, 0.4) is 0 Å². The van der Waals surface area contributed by atoms with Gasteiger partial charge in [0.1, 0.15) is 11.9 Å². The normalized spacial score (nSPS) is 27.2. The smallest absolute Gasteiger partial charge is 0.142 e. The van der Waals surface area contributed by atoms with Gasteiger partial charge in [-0.05, 0) is 37.9 Å². The molecule has 0 aliphatic carbocycles. The number of nitrogens with one attached hydrogen (secondary N) is 1. The summed E-state index contributed by atoms with van der Waals surface area (Å²) in [5, 5.41) is 3.48. The van der Waals surface area contributed by atoms with E-state index in [9.17, 15) is 0 Å². The fourth-order valence-corrected chi connectivity index (χ4v) is 3.29. The molecule has 1 fully saturated rings. The van der Waals surface area contributed by atoms with Crippen LogP contribution in [0.5, 0.6) is 5.75 Å². The van der Waals surface area contributed by atoms with Gasteiger partial charge in [0, 0.05) is 12.6 Å². The van der Waals surface area contributed by atoms with E-state index in [0.29, 0.717) is 0 Å². The molecule has 0 aromatic heterocycles. The Balaban J connectivity index is 1.62. The Bertz CT molecular complexity index is 421. The summed E-state index contributed by atoms with van der Waals surface area (Å²) in [5.74, 6) is 1.00. The molecular weight excluding hydrogens is 236 g/mol. The van der Waals surface area contributed by atoms with Gasteiger partial charge in [-0.25, -0.2) is 0 Å². The highest BCUT2D eigenvalue weighted by molar-refractivity contribution is 5.57. The van der Waals surface area contributed by atoms with E-state index in [-0.39, 0.29) is 6.10 Å². The van der Waals surface area contributed by atoms with Crippen molar-refractivity contribution in [2.45, 2.75) is 44.8 Å². The Morgan fingerprint density at radius 3 is 3.11 bits per heavy atom. The van der Waals surface area contributed by atoms with E-state index >= 15 is 0 Å². The van der Waals surface area contributed by atoms with Gasteiger partial charge in [0.25, 0.3) is 0 Å². The lowest BCUT2D eigenvalue weighted by molar-refractivity contribution is 0.0809. The van der Waals surface area contributed by atoms with Crippen molar-refractivity contribution in [2.24, 2.45) is 0 Å². The molecular formula is C16H24N2O. The van der Waals surface area contributed by atoms with Crippen LogP contribution in [-0.2, 0) is 0 Å². The van der Waals surface area contributed by atoms with E-state index in [1.807, 2.05) is 12.1 Å². The average Bonchev–Trinajstić information content (AvgIpc) is 2.48. The minimum absolute atomic E-state index is 0.280. The standard InChI is InChI=1S/C16H24N2O/c1-2-13-7-5-6-10-18(13)12-14-11-17-15-8-3-4-9-16(15)19-14/h3-4,8-9,13-14,17H,2,5-7,10-12H2,1H3. The van der Waals surface area contributed by atoms with Crippen LogP contribution in [0, 0.1) is 0 Å². The second-order valence-corrected chi connectivity index (χ2v) is 5.67. The van der Waals surface area contributed by atoms with Crippen molar-refractivity contribution < 1.29 is 4.74 Å². The summed E-state index contributed by atoms with van der Waals surface area (Å²) in [7, 11) is 0. The number of piperidine rings is 1. The topological polar surface area (TPSA) is 24.5 Å². The van der Waals surface area contributed by atoms with Crippen LogP contribution in [0.25, 0.3) is 0 Å². The number of benzene rings is 1. The molecule has 2 aliphatic rings. The zero-order valence-electron chi connectivity index (χ0n) is 11.8. The second-order valence-electron chi connectivity index (χ2n) is 5.67. The first-order valence-corrected chi connectivity index (χ1v) is 7.60. The summed E-state index contributed by atoms with van der Waals surface area (Å²) < 4.78 is 6.12. The molecule has 104 valence electrons. The van der Waals surface area contributed by atoms with E-state index in [4.69, 9.17) is 4.74 Å². The maximum atomic E-state index is 6.12. The number of likely N-dealkylation sites (tertiary alicyclic amines) is 1. The first kappa shape index (κ1) is 12.8. The maximum Gasteiger partial charge on any atom is 0.142 e. The van der Waals surface area contributed by atoms with Crippen molar-refractivity contribution in [1.29, 1.82) is 0 Å². The number of ether oxygens (including phenoxy) is 1. The first-order chi connectivity index (χ1) is 9.36. The van der Waals surface area contributed by atoms with Gasteiger partial charge in [0.15, 0.2) is 0 Å². The molecule has 3 nitrogen and oxygen atoms in total. The Hall–Kier alpha value is -1.22. The van der Waals surface area contributed by atoms with Crippen LogP contribution in [-0.4, -0.2) is 36.7 Å². The highest BCUT2D eigenvalue weighted by atomic mass is 16.5. The quantitative estimate of drug-likeness (QED) is 0.903. The molecule has 2 aliphatic heterocycles. The Morgan fingerprint density at radius 1 is 1.32 bits per heavy atom. The lowest BCUT2D eigenvalue weighted by Gasteiger charge is -2.38. The van der Waals surface area contributed by atoms with Crippen LogP contribution in [0.15, 0.2) is 24.3 Å². The fraction of sp³-hybridized carbons (Fsp3) is 0.625. The lowest BCUT2D eigenvalue weighted by atomic mass is 9.99. The highest BCUT2D eigenvalue weighted by Gasteiger charge is 2.26. The van der Waals surface area contributed by atoms with Gasteiger partial charge in [-0.2, -0.15) is 0 Å². The number of hydrogen-bond acceptors (Lipinski definition) is 3. The van der Waals surface area contributed by atoms with Gasteiger partial charge in [-0.1, -0.05) is 25.5 Å². The minimum atomic E-state index is 0.280. The van der Waals surface area contributed by atoms with E-state index in [1.165, 1.54) is 32.2 Å². The molecule has 0 amide bonds. The van der Waals surface area contributed by atoms with Crippen molar-refractivity contribution in [3.05, 3.63) is 24.3 Å². The fourth-order valence-electron chi connectivity index (χ4n) is 3.29. The number of hydrogen-bond donors (Lipinski definition) is 1. The zero-order valence-corrected chi connectivity index (χ0v) is 11.8. The number of rotatable bonds is 3. The molecule has 0 saturated carbocycles. The average molecular weight is 260 g/mol. The summed E-state index contributed by atoms with van der Waals surface area (Å²) in [6.45, 7) is 5.52. The molecule has 3 heteroatoms. The van der Waals surface area contributed by atoms with Crippen LogP contribution in [0.1, 0.15) is 32.6 Å². The van der Waals surface area contributed by atoms with Crippen LogP contribution in [0.2, 0.25) is 0 Å². The molecule has 0 spiro atoms. The summed E-state index contributed by atoms with van der Waals surface area (Å²) in [5.41, 5.74) is 1.13. The van der Waals surface area contributed by atoms with Gasteiger partial charge in [-0.15, -0.1) is 0 Å². The number of para-hydroxylation sites is 2. The molecule has 1 saturated heterocycles. The predicted octanol–water partition coefficient (Wildman–Crippen LogP) is 3.12. The van der Waals surface area contributed by atoms with Gasteiger partial charge >= 0.3 is 0 Å². The SMILES string of the molecule is CCC1CCCCN1CC1CNc2ccccc2O1. The summed E-state index contributed by atoms with van der Waals surface area (Å²) in [6, 6.07) is 8.99. The molecule has 0 bridgehead atoms. The molecule has 1 N–H and O–H groups in total. The van der Waals surface area contributed by atoms with Gasteiger partial charge in [0.05, 0.1) is 12.2 Å². The van der Waals surface area contributed by atoms with E-state index in [2.05, 4.69) is 29.3 Å². The molecule has 3 rings (SSSR count). The van der Waals surface area contributed by atoms with E-state index < -0.39 is 0 Å². The van der Waals surface area contributed by atoms with Crippen LogP contribution < -0.4 is 10.1 Å². The van der Waals surface area contributed by atoms with Crippen molar-refractivity contribution in [2.75, 3.05) is 25.0 Å². The molecule has 0 radical (unpaired) electrons. The van der Waals surface area contributed by atoms with Crippen molar-refractivity contribution >= 4 is 5.69 Å². The maximum absolute atomic E-state index is 6.12. The van der Waals surface area contributed by atoms with Gasteiger partial charge in [-0.3, -0.25) is 4.90 Å². The van der Waals surface area contributed by atoms with Crippen LogP contribution in [0.4, 0.5) is 5.69 Å². The molecule has 2 unspecified atom stereocenters. The van der Waals surface area contributed by atoms with E-state index in [0.717, 1.165) is 30.6 Å². The first-order valence-electron chi connectivity index (χ1n) is 7.60. The Kier molecular flexibility index (Phi) is 3.92. The summed E-state index contributed by atoms with van der Waals surface area (Å²) in [6.07, 6.45) is 5.63. The van der Waals surface area contributed by atoms with Crippen molar-refractivity contribution in [1.82, 2.24) is 4.90 Å². The third kappa shape index (κ3) is 2.86. The minimum Gasteiger partial charge on any atom is -0.485 e. The number of nitrogens with zero attached hydrogens (tertiary/aromatic N) is 1. The van der Waals surface area contributed by atoms with Gasteiger partial charge < -0.3 is 10.1 Å². The molecule has 1 aromatic rings. The van der Waals surface area contributed by atoms with E-state index in [1.54, 1.807) is 0 Å². The zero-order chi connectivity index (χ0) is 13.1. The number of fused-ring (bicyclic) bond motifs is 1. The third-order valence-corrected chi connectivity index (χ3v) is 4.36. The predicted molar refractivity (Wildman–Crippen MR) is 78.9 cm³/mol. The van der Waals surface area contributed by atoms with Crippen molar-refractivity contribution in [3.63, 3.8) is 0 Å². The Labute approximate surface area is 115 Å². The molecule has 2 atom stereocenters.